The van der Waals surface area contributed by atoms with Crippen LogP contribution in [0.15, 0.2) is 55.1 Å². The van der Waals surface area contributed by atoms with Crippen LogP contribution in [0.4, 0.5) is 11.6 Å². The quantitative estimate of drug-likeness (QED) is 0.720. The fraction of sp³-hybridized carbons (Fsp3) is 0.300. The number of aromatic nitrogens is 4. The lowest BCUT2D eigenvalue weighted by Crippen LogP contribution is -2.23. The number of hydrogen-bond acceptors (Lipinski definition) is 7. The molecule has 0 aliphatic carbocycles. The SMILES string of the molecule is COc1ncc(CN2CCCC2c2ccnc(Nc3ccccn3)c2)cn1. The molecule has 7 nitrogen and oxygen atoms in total. The maximum atomic E-state index is 5.04. The van der Waals surface area contributed by atoms with E-state index in [4.69, 9.17) is 4.74 Å². The van der Waals surface area contributed by atoms with Crippen molar-refractivity contribution in [2.24, 2.45) is 0 Å². The molecule has 7 heteroatoms. The van der Waals surface area contributed by atoms with Gasteiger partial charge in [-0.2, -0.15) is 0 Å². The summed E-state index contributed by atoms with van der Waals surface area (Å²) >= 11 is 0. The number of methoxy groups -OCH3 is 1. The molecular formula is C20H22N6O. The van der Waals surface area contributed by atoms with Crippen LogP contribution < -0.4 is 10.1 Å². The highest BCUT2D eigenvalue weighted by molar-refractivity contribution is 5.52. The van der Waals surface area contributed by atoms with E-state index >= 15 is 0 Å². The van der Waals surface area contributed by atoms with Gasteiger partial charge in [-0.05, 0) is 49.2 Å². The first kappa shape index (κ1) is 17.4. The van der Waals surface area contributed by atoms with Crippen molar-refractivity contribution >= 4 is 11.6 Å². The minimum atomic E-state index is 0.361. The summed E-state index contributed by atoms with van der Waals surface area (Å²) in [6.45, 7) is 1.88. The van der Waals surface area contributed by atoms with Crippen LogP contribution in [0.25, 0.3) is 0 Å². The van der Waals surface area contributed by atoms with Crippen LogP contribution in [0.2, 0.25) is 0 Å². The van der Waals surface area contributed by atoms with Crippen molar-refractivity contribution in [1.29, 1.82) is 0 Å². The second-order valence-corrected chi connectivity index (χ2v) is 6.52. The number of nitrogens with one attached hydrogen (secondary N) is 1. The van der Waals surface area contributed by atoms with Crippen molar-refractivity contribution in [2.45, 2.75) is 25.4 Å². The molecule has 4 heterocycles. The van der Waals surface area contributed by atoms with Crippen LogP contribution in [0.3, 0.4) is 0 Å². The molecule has 0 amide bonds. The highest BCUT2D eigenvalue weighted by Crippen LogP contribution is 2.33. The van der Waals surface area contributed by atoms with Gasteiger partial charge in [-0.1, -0.05) is 6.07 Å². The zero-order valence-electron chi connectivity index (χ0n) is 15.2. The topological polar surface area (TPSA) is 76.1 Å². The third kappa shape index (κ3) is 4.20. The Morgan fingerprint density at radius 1 is 1.07 bits per heavy atom. The molecule has 1 N–H and O–H groups in total. The van der Waals surface area contributed by atoms with Crippen molar-refractivity contribution in [2.75, 3.05) is 19.0 Å². The largest absolute Gasteiger partial charge is 0.467 e. The number of nitrogens with zero attached hydrogens (tertiary/aromatic N) is 5. The molecule has 0 spiro atoms. The van der Waals surface area contributed by atoms with E-state index in [9.17, 15) is 0 Å². The highest BCUT2D eigenvalue weighted by atomic mass is 16.5. The highest BCUT2D eigenvalue weighted by Gasteiger charge is 2.26. The van der Waals surface area contributed by atoms with Crippen molar-refractivity contribution in [3.8, 4) is 6.01 Å². The molecule has 0 radical (unpaired) electrons. The van der Waals surface area contributed by atoms with Gasteiger partial charge in [-0.3, -0.25) is 4.90 Å². The molecule has 1 aliphatic rings. The van der Waals surface area contributed by atoms with Crippen molar-refractivity contribution < 1.29 is 4.74 Å². The fourth-order valence-electron chi connectivity index (χ4n) is 3.45. The Balaban J connectivity index is 1.48. The molecule has 27 heavy (non-hydrogen) atoms. The summed E-state index contributed by atoms with van der Waals surface area (Å²) in [5, 5.41) is 3.27. The number of pyridine rings is 2. The van der Waals surface area contributed by atoms with Gasteiger partial charge in [0.2, 0.25) is 0 Å². The van der Waals surface area contributed by atoms with E-state index in [0.29, 0.717) is 12.1 Å². The van der Waals surface area contributed by atoms with Gasteiger partial charge in [-0.25, -0.2) is 19.9 Å². The lowest BCUT2D eigenvalue weighted by atomic mass is 10.1. The summed E-state index contributed by atoms with van der Waals surface area (Å²) in [5.74, 6) is 1.60. The first-order valence-electron chi connectivity index (χ1n) is 9.05. The maximum absolute atomic E-state index is 5.04. The predicted molar refractivity (Wildman–Crippen MR) is 103 cm³/mol. The molecule has 1 aliphatic heterocycles. The number of ether oxygens (including phenoxy) is 1. The zero-order valence-corrected chi connectivity index (χ0v) is 15.2. The summed E-state index contributed by atoms with van der Waals surface area (Å²) in [6.07, 6.45) is 9.59. The average molecular weight is 362 g/mol. The Morgan fingerprint density at radius 3 is 2.70 bits per heavy atom. The first-order valence-corrected chi connectivity index (χ1v) is 9.05. The normalized spacial score (nSPS) is 17.0. The molecule has 0 bridgehead atoms. The van der Waals surface area contributed by atoms with Crippen molar-refractivity contribution in [3.63, 3.8) is 0 Å². The van der Waals surface area contributed by atoms with E-state index in [2.05, 4.69) is 42.3 Å². The third-order valence-corrected chi connectivity index (χ3v) is 4.70. The van der Waals surface area contributed by atoms with Crippen LogP contribution in [0.1, 0.15) is 30.0 Å². The molecule has 3 aromatic rings. The number of anilines is 2. The number of hydrogen-bond donors (Lipinski definition) is 1. The summed E-state index contributed by atoms with van der Waals surface area (Å²) in [6, 6.07) is 10.7. The van der Waals surface area contributed by atoms with Crippen LogP contribution in [-0.2, 0) is 6.54 Å². The third-order valence-electron chi connectivity index (χ3n) is 4.70. The summed E-state index contributed by atoms with van der Waals surface area (Å²) in [5.41, 5.74) is 2.35. The second kappa shape index (κ2) is 8.09. The Kier molecular flexibility index (Phi) is 5.20. The van der Waals surface area contributed by atoms with Gasteiger partial charge in [0.1, 0.15) is 11.6 Å². The molecule has 1 saturated heterocycles. The van der Waals surface area contributed by atoms with E-state index in [1.54, 1.807) is 13.3 Å². The standard InChI is InChI=1S/C20H22N6O/c1-27-20-23-12-15(13-24-20)14-26-10-4-5-17(26)16-7-9-22-19(11-16)25-18-6-2-3-8-21-18/h2-3,6-9,11-13,17H,4-5,10,14H2,1H3,(H,21,22,25). The Morgan fingerprint density at radius 2 is 1.93 bits per heavy atom. The van der Waals surface area contributed by atoms with Crippen LogP contribution >= 0.6 is 0 Å². The lowest BCUT2D eigenvalue weighted by Gasteiger charge is -2.25. The van der Waals surface area contributed by atoms with Crippen LogP contribution in [-0.4, -0.2) is 38.5 Å². The maximum Gasteiger partial charge on any atom is 0.316 e. The minimum Gasteiger partial charge on any atom is -0.467 e. The van der Waals surface area contributed by atoms with Gasteiger partial charge in [-0.15, -0.1) is 0 Å². The van der Waals surface area contributed by atoms with Crippen molar-refractivity contribution in [3.05, 3.63) is 66.2 Å². The van der Waals surface area contributed by atoms with Gasteiger partial charge in [0.05, 0.1) is 7.11 Å². The predicted octanol–water partition coefficient (Wildman–Crippen LogP) is 3.36. The van der Waals surface area contributed by atoms with Gasteiger partial charge in [0, 0.05) is 42.9 Å². The lowest BCUT2D eigenvalue weighted by molar-refractivity contribution is 0.247. The Labute approximate surface area is 158 Å². The number of rotatable bonds is 6. The smallest absolute Gasteiger partial charge is 0.316 e. The summed E-state index contributed by atoms with van der Waals surface area (Å²) in [4.78, 5) is 19.6. The van der Waals surface area contributed by atoms with Gasteiger partial charge in [0.25, 0.3) is 0 Å². The van der Waals surface area contributed by atoms with Gasteiger partial charge >= 0.3 is 6.01 Å². The monoisotopic (exact) mass is 362 g/mol. The zero-order chi connectivity index (χ0) is 18.5. The van der Waals surface area contributed by atoms with Crippen molar-refractivity contribution in [1.82, 2.24) is 24.8 Å². The molecule has 1 atom stereocenters. The average Bonchev–Trinajstić information content (AvgIpc) is 3.18. The molecule has 0 saturated carbocycles. The van der Waals surface area contributed by atoms with E-state index < -0.39 is 0 Å². The second-order valence-electron chi connectivity index (χ2n) is 6.52. The van der Waals surface area contributed by atoms with E-state index in [1.165, 1.54) is 12.0 Å². The Hall–Kier alpha value is -3.06. The summed E-state index contributed by atoms with van der Waals surface area (Å²) < 4.78 is 5.04. The van der Waals surface area contributed by atoms with Gasteiger partial charge in [0.15, 0.2) is 0 Å². The van der Waals surface area contributed by atoms with Crippen LogP contribution in [0.5, 0.6) is 6.01 Å². The molecule has 4 rings (SSSR count). The van der Waals surface area contributed by atoms with Crippen LogP contribution in [0, 0.1) is 0 Å². The van der Waals surface area contributed by atoms with E-state index in [1.807, 2.05) is 36.8 Å². The molecule has 138 valence electrons. The van der Waals surface area contributed by atoms with E-state index in [-0.39, 0.29) is 0 Å². The molecule has 0 aromatic carbocycles. The minimum absolute atomic E-state index is 0.361. The first-order chi connectivity index (χ1) is 13.3. The summed E-state index contributed by atoms with van der Waals surface area (Å²) in [7, 11) is 1.57. The van der Waals surface area contributed by atoms with E-state index in [0.717, 1.165) is 36.7 Å². The Bertz CT molecular complexity index is 871. The number of likely N-dealkylation sites (tertiary alicyclic amines) is 1. The molecule has 1 unspecified atom stereocenters. The van der Waals surface area contributed by atoms with Gasteiger partial charge < -0.3 is 10.1 Å². The fourth-order valence-corrected chi connectivity index (χ4v) is 3.45. The molecule has 1 fully saturated rings. The molecular weight excluding hydrogens is 340 g/mol. The molecule has 3 aromatic heterocycles.